The van der Waals surface area contributed by atoms with Crippen molar-refractivity contribution in [3.8, 4) is 0 Å². The number of nitrogens with zero attached hydrogens (tertiary/aromatic N) is 3. The number of nitrogens with one attached hydrogen (secondary N) is 1. The fraction of sp³-hybridized carbons (Fsp3) is 0.435. The summed E-state index contributed by atoms with van der Waals surface area (Å²) in [6, 6.07) is 20.6. The first-order chi connectivity index (χ1) is 13.3. The Balaban J connectivity index is 1.33. The van der Waals surface area contributed by atoms with Gasteiger partial charge < -0.3 is 10.3 Å². The largest absolute Gasteiger partial charge is 0.367 e. The molecule has 4 heterocycles. The molecule has 2 aromatic rings. The van der Waals surface area contributed by atoms with E-state index in [1.807, 2.05) is 0 Å². The molecule has 4 heteroatoms. The second kappa shape index (κ2) is 7.01. The fourth-order valence-electron chi connectivity index (χ4n) is 4.99. The zero-order valence-electron chi connectivity index (χ0n) is 16.0. The Hall–Kier alpha value is -2.33. The normalized spacial score (nSPS) is 28.4. The van der Waals surface area contributed by atoms with Crippen LogP contribution in [0.2, 0.25) is 0 Å². The molecule has 3 saturated heterocycles. The molecule has 6 rings (SSSR count). The smallest absolute Gasteiger partial charge is 0.0899 e. The predicted octanol–water partition coefficient (Wildman–Crippen LogP) is 3.81. The molecule has 4 aliphatic rings. The summed E-state index contributed by atoms with van der Waals surface area (Å²) in [5.74, 6) is 0.707. The van der Waals surface area contributed by atoms with Crippen molar-refractivity contribution < 1.29 is 0 Å². The van der Waals surface area contributed by atoms with Gasteiger partial charge in [0.1, 0.15) is 0 Å². The molecule has 2 atom stereocenters. The summed E-state index contributed by atoms with van der Waals surface area (Å²) in [4.78, 5) is 5.06. The number of fused-ring (bicyclic) bond motifs is 2. The van der Waals surface area contributed by atoms with Gasteiger partial charge in [-0.25, -0.2) is 0 Å². The van der Waals surface area contributed by atoms with Crippen LogP contribution in [-0.2, 0) is 6.54 Å². The zero-order chi connectivity index (χ0) is 18.2. The highest BCUT2D eigenvalue weighted by atomic mass is 15.4. The molecule has 27 heavy (non-hydrogen) atoms. The standard InChI is InChI=1S/C23H28N4/c1-2-26(16-17-6-4-3-5-7-17)20-10-8-18(9-11-20)21-23-22(25-24-21)19-12-14-27(23)15-13-19/h3-11,19,21,23-24H,2,12-16H2,1H3. The Morgan fingerprint density at radius 2 is 1.78 bits per heavy atom. The zero-order valence-corrected chi connectivity index (χ0v) is 16.0. The molecule has 0 aliphatic carbocycles. The van der Waals surface area contributed by atoms with Crippen molar-refractivity contribution in [2.75, 3.05) is 24.5 Å². The molecule has 2 bridgehead atoms. The van der Waals surface area contributed by atoms with Crippen molar-refractivity contribution in [3.05, 3.63) is 65.7 Å². The number of hydrazone groups is 1. The maximum Gasteiger partial charge on any atom is 0.0899 e. The number of piperidine rings is 3. The topological polar surface area (TPSA) is 30.9 Å². The summed E-state index contributed by atoms with van der Waals surface area (Å²) in [6.45, 7) is 6.63. The van der Waals surface area contributed by atoms with E-state index in [-0.39, 0.29) is 0 Å². The Kier molecular flexibility index (Phi) is 4.36. The number of anilines is 1. The van der Waals surface area contributed by atoms with Gasteiger partial charge in [0.05, 0.1) is 17.8 Å². The van der Waals surface area contributed by atoms with Gasteiger partial charge in [-0.2, -0.15) is 5.10 Å². The van der Waals surface area contributed by atoms with E-state index >= 15 is 0 Å². The second-order valence-corrected chi connectivity index (χ2v) is 7.99. The Labute approximate surface area is 161 Å². The van der Waals surface area contributed by atoms with Crippen LogP contribution in [0.25, 0.3) is 0 Å². The van der Waals surface area contributed by atoms with Crippen LogP contribution in [0.4, 0.5) is 5.69 Å². The lowest BCUT2D eigenvalue weighted by Gasteiger charge is -2.45. The first-order valence-corrected chi connectivity index (χ1v) is 10.3. The van der Waals surface area contributed by atoms with Crippen molar-refractivity contribution in [2.24, 2.45) is 11.0 Å². The third kappa shape index (κ3) is 3.02. The highest BCUT2D eigenvalue weighted by Gasteiger charge is 2.46. The molecule has 1 N–H and O–H groups in total. The van der Waals surface area contributed by atoms with Crippen LogP contribution in [0.15, 0.2) is 59.7 Å². The highest BCUT2D eigenvalue weighted by molar-refractivity contribution is 5.95. The van der Waals surface area contributed by atoms with E-state index in [0.717, 1.165) is 13.1 Å². The molecule has 3 fully saturated rings. The molecule has 4 nitrogen and oxygen atoms in total. The fourth-order valence-corrected chi connectivity index (χ4v) is 4.99. The summed E-state index contributed by atoms with van der Waals surface area (Å²) >= 11 is 0. The first-order valence-electron chi connectivity index (χ1n) is 10.3. The molecule has 0 spiro atoms. The lowest BCUT2D eigenvalue weighted by Crippen LogP contribution is -2.56. The van der Waals surface area contributed by atoms with Gasteiger partial charge in [0.25, 0.3) is 0 Å². The van der Waals surface area contributed by atoms with E-state index in [2.05, 4.69) is 76.7 Å². The van der Waals surface area contributed by atoms with E-state index in [1.165, 1.54) is 48.5 Å². The Bertz CT molecular complexity index is 806. The van der Waals surface area contributed by atoms with Crippen LogP contribution in [0.5, 0.6) is 0 Å². The first kappa shape index (κ1) is 16.8. The SMILES string of the molecule is CCN(Cc1ccccc1)c1ccc(C2NN=C3C4CCN(CC4)C32)cc1. The minimum atomic E-state index is 0.307. The van der Waals surface area contributed by atoms with Crippen molar-refractivity contribution in [1.82, 2.24) is 10.3 Å². The summed E-state index contributed by atoms with van der Waals surface area (Å²) in [5.41, 5.74) is 8.85. The monoisotopic (exact) mass is 360 g/mol. The Morgan fingerprint density at radius 1 is 1.04 bits per heavy atom. The second-order valence-electron chi connectivity index (χ2n) is 7.99. The molecule has 0 radical (unpaired) electrons. The lowest BCUT2D eigenvalue weighted by atomic mass is 9.78. The van der Waals surface area contributed by atoms with Crippen molar-refractivity contribution in [2.45, 2.75) is 38.4 Å². The molecule has 4 aliphatic heterocycles. The van der Waals surface area contributed by atoms with Crippen molar-refractivity contribution >= 4 is 11.4 Å². The number of hydrogen-bond donors (Lipinski definition) is 1. The third-order valence-corrected chi connectivity index (χ3v) is 6.51. The molecule has 0 aromatic heterocycles. The highest BCUT2D eigenvalue weighted by Crippen LogP contribution is 2.39. The number of benzene rings is 2. The summed E-state index contributed by atoms with van der Waals surface area (Å²) < 4.78 is 0. The molecule has 2 unspecified atom stereocenters. The van der Waals surface area contributed by atoms with Gasteiger partial charge >= 0.3 is 0 Å². The third-order valence-electron chi connectivity index (χ3n) is 6.51. The van der Waals surface area contributed by atoms with Gasteiger partial charge in [-0.3, -0.25) is 4.90 Å². The van der Waals surface area contributed by atoms with Crippen LogP contribution in [0.3, 0.4) is 0 Å². The van der Waals surface area contributed by atoms with Crippen LogP contribution in [0.1, 0.15) is 36.9 Å². The molecule has 0 amide bonds. The van der Waals surface area contributed by atoms with Crippen molar-refractivity contribution in [1.29, 1.82) is 0 Å². The van der Waals surface area contributed by atoms with Gasteiger partial charge in [-0.15, -0.1) is 0 Å². The van der Waals surface area contributed by atoms with E-state index < -0.39 is 0 Å². The van der Waals surface area contributed by atoms with E-state index in [1.54, 1.807) is 0 Å². The minimum absolute atomic E-state index is 0.307. The Morgan fingerprint density at radius 3 is 2.48 bits per heavy atom. The van der Waals surface area contributed by atoms with E-state index in [0.29, 0.717) is 18.0 Å². The minimum Gasteiger partial charge on any atom is -0.367 e. The van der Waals surface area contributed by atoms with Crippen LogP contribution < -0.4 is 10.3 Å². The average Bonchev–Trinajstić information content (AvgIpc) is 3.21. The average molecular weight is 361 g/mol. The number of hydrogen-bond acceptors (Lipinski definition) is 4. The van der Waals surface area contributed by atoms with Crippen LogP contribution >= 0.6 is 0 Å². The molecular formula is C23H28N4. The van der Waals surface area contributed by atoms with Gasteiger partial charge in [0, 0.05) is 24.7 Å². The predicted molar refractivity (Wildman–Crippen MR) is 111 cm³/mol. The van der Waals surface area contributed by atoms with Gasteiger partial charge in [0.15, 0.2) is 0 Å². The molecule has 140 valence electrons. The quantitative estimate of drug-likeness (QED) is 0.880. The van der Waals surface area contributed by atoms with Crippen LogP contribution in [0, 0.1) is 5.92 Å². The van der Waals surface area contributed by atoms with E-state index in [9.17, 15) is 0 Å². The van der Waals surface area contributed by atoms with Crippen molar-refractivity contribution in [3.63, 3.8) is 0 Å². The van der Waals surface area contributed by atoms with Gasteiger partial charge in [-0.05, 0) is 56.1 Å². The van der Waals surface area contributed by atoms with Gasteiger partial charge in [-0.1, -0.05) is 42.5 Å². The maximum absolute atomic E-state index is 4.74. The van der Waals surface area contributed by atoms with Crippen LogP contribution in [-0.4, -0.2) is 36.3 Å². The van der Waals surface area contributed by atoms with E-state index in [4.69, 9.17) is 5.10 Å². The maximum atomic E-state index is 4.74. The molecule has 0 saturated carbocycles. The lowest BCUT2D eigenvalue weighted by molar-refractivity contribution is 0.133. The molecule has 2 aromatic carbocycles. The van der Waals surface area contributed by atoms with Gasteiger partial charge in [0.2, 0.25) is 0 Å². The summed E-state index contributed by atoms with van der Waals surface area (Å²) in [7, 11) is 0. The number of rotatable bonds is 5. The summed E-state index contributed by atoms with van der Waals surface area (Å²) in [5, 5.41) is 4.74. The summed E-state index contributed by atoms with van der Waals surface area (Å²) in [6.07, 6.45) is 2.57. The molecular weight excluding hydrogens is 332 g/mol.